The largest absolute Gasteiger partial charge is 0.486 e. The van der Waals surface area contributed by atoms with Crippen LogP contribution in [-0.4, -0.2) is 13.2 Å². The lowest BCUT2D eigenvalue weighted by molar-refractivity contribution is 0.171. The second kappa shape index (κ2) is 6.12. The number of ether oxygens (including phenoxy) is 2. The quantitative estimate of drug-likeness (QED) is 0.852. The van der Waals surface area contributed by atoms with E-state index in [1.807, 2.05) is 12.1 Å². The van der Waals surface area contributed by atoms with Gasteiger partial charge in [0.05, 0.1) is 10.7 Å². The molecule has 110 valence electrons. The fraction of sp³-hybridized carbons (Fsp3) is 0.200. The van der Waals surface area contributed by atoms with E-state index in [-0.39, 0.29) is 5.02 Å². The molecule has 0 amide bonds. The summed E-state index contributed by atoms with van der Waals surface area (Å²) >= 11 is 9.26. The third-order valence-corrected chi connectivity index (χ3v) is 4.04. The number of halogens is 3. The minimum Gasteiger partial charge on any atom is -0.486 e. The van der Waals surface area contributed by atoms with Gasteiger partial charge in [0, 0.05) is 23.2 Å². The zero-order valence-electron chi connectivity index (χ0n) is 11.0. The Kier molecular flexibility index (Phi) is 4.22. The van der Waals surface area contributed by atoms with Crippen LogP contribution in [0.5, 0.6) is 11.5 Å². The zero-order chi connectivity index (χ0) is 14.8. The molecule has 1 N–H and O–H groups in total. The molecule has 0 unspecified atom stereocenters. The first-order valence-electron chi connectivity index (χ1n) is 6.40. The summed E-state index contributed by atoms with van der Waals surface area (Å²) < 4.78 is 25.1. The number of anilines is 1. The van der Waals surface area contributed by atoms with E-state index in [2.05, 4.69) is 21.2 Å². The Labute approximate surface area is 135 Å². The van der Waals surface area contributed by atoms with Gasteiger partial charge in [0.15, 0.2) is 11.5 Å². The van der Waals surface area contributed by atoms with Gasteiger partial charge >= 0.3 is 0 Å². The van der Waals surface area contributed by atoms with Crippen molar-refractivity contribution in [2.45, 2.75) is 6.54 Å². The Hall–Kier alpha value is -1.46. The predicted octanol–water partition coefficient (Wildman–Crippen LogP) is 4.62. The molecule has 21 heavy (non-hydrogen) atoms. The van der Waals surface area contributed by atoms with E-state index in [0.29, 0.717) is 25.5 Å². The highest BCUT2D eigenvalue weighted by Crippen LogP contribution is 2.38. The van der Waals surface area contributed by atoms with Gasteiger partial charge in [-0.2, -0.15) is 0 Å². The maximum atomic E-state index is 13.1. The van der Waals surface area contributed by atoms with E-state index in [0.717, 1.165) is 21.5 Å². The van der Waals surface area contributed by atoms with Crippen LogP contribution in [0, 0.1) is 5.82 Å². The van der Waals surface area contributed by atoms with Gasteiger partial charge in [0.25, 0.3) is 0 Å². The van der Waals surface area contributed by atoms with Crippen LogP contribution in [0.2, 0.25) is 5.02 Å². The molecule has 0 atom stereocenters. The first-order valence-corrected chi connectivity index (χ1v) is 7.57. The first kappa shape index (κ1) is 14.5. The molecule has 1 aliphatic heterocycles. The molecule has 2 aromatic rings. The Morgan fingerprint density at radius 3 is 2.57 bits per heavy atom. The van der Waals surface area contributed by atoms with Crippen LogP contribution in [-0.2, 0) is 6.54 Å². The summed E-state index contributed by atoms with van der Waals surface area (Å²) in [7, 11) is 0. The molecule has 0 saturated heterocycles. The van der Waals surface area contributed by atoms with Crippen molar-refractivity contribution in [3.05, 3.63) is 51.2 Å². The molecular weight excluding hydrogens is 361 g/mol. The van der Waals surface area contributed by atoms with Crippen molar-refractivity contribution >= 4 is 33.2 Å². The molecule has 6 heteroatoms. The Morgan fingerprint density at radius 1 is 1.14 bits per heavy atom. The van der Waals surface area contributed by atoms with Crippen molar-refractivity contribution in [2.75, 3.05) is 18.5 Å². The van der Waals surface area contributed by atoms with E-state index in [4.69, 9.17) is 21.1 Å². The highest BCUT2D eigenvalue weighted by atomic mass is 79.9. The van der Waals surface area contributed by atoms with Gasteiger partial charge in [0.1, 0.15) is 19.0 Å². The molecule has 0 aromatic heterocycles. The fourth-order valence-corrected chi connectivity index (χ4v) is 2.71. The molecule has 2 aromatic carbocycles. The van der Waals surface area contributed by atoms with Gasteiger partial charge in [-0.25, -0.2) is 4.39 Å². The van der Waals surface area contributed by atoms with Gasteiger partial charge in [-0.05, 0) is 33.6 Å². The molecule has 3 rings (SSSR count). The summed E-state index contributed by atoms with van der Waals surface area (Å²) in [5, 5.41) is 3.38. The maximum Gasteiger partial charge on any atom is 0.163 e. The van der Waals surface area contributed by atoms with Crippen molar-refractivity contribution in [2.24, 2.45) is 0 Å². The van der Waals surface area contributed by atoms with Crippen molar-refractivity contribution in [1.82, 2.24) is 0 Å². The molecular formula is C15H12BrClFNO2. The van der Waals surface area contributed by atoms with Crippen molar-refractivity contribution in [3.63, 3.8) is 0 Å². The molecule has 1 heterocycles. The number of fused-ring (bicyclic) bond motifs is 1. The van der Waals surface area contributed by atoms with Gasteiger partial charge in [-0.1, -0.05) is 17.7 Å². The minimum atomic E-state index is -0.416. The second-order valence-corrected chi connectivity index (χ2v) is 5.84. The fourth-order valence-electron chi connectivity index (χ4n) is 2.05. The number of nitrogens with one attached hydrogen (secondary N) is 1. The number of rotatable bonds is 3. The van der Waals surface area contributed by atoms with E-state index < -0.39 is 5.82 Å². The van der Waals surface area contributed by atoms with Crippen LogP contribution in [0.15, 0.2) is 34.8 Å². The smallest absolute Gasteiger partial charge is 0.163 e. The molecule has 0 spiro atoms. The van der Waals surface area contributed by atoms with E-state index in [1.54, 1.807) is 12.1 Å². The zero-order valence-corrected chi connectivity index (χ0v) is 13.3. The third kappa shape index (κ3) is 3.24. The minimum absolute atomic E-state index is 0.121. The standard InChI is InChI=1S/C15H12BrClFNO2/c16-10-6-14-15(21-4-3-20-14)7-13(10)19-8-9-1-2-12(18)11(17)5-9/h1-2,5-7,19H,3-4,8H2. The Balaban J connectivity index is 1.77. The lowest BCUT2D eigenvalue weighted by Crippen LogP contribution is -2.15. The summed E-state index contributed by atoms with van der Waals surface area (Å²) in [6.07, 6.45) is 0. The lowest BCUT2D eigenvalue weighted by Gasteiger charge is -2.20. The number of benzene rings is 2. The summed E-state index contributed by atoms with van der Waals surface area (Å²) in [5.74, 6) is 1.02. The van der Waals surface area contributed by atoms with E-state index >= 15 is 0 Å². The van der Waals surface area contributed by atoms with Crippen molar-refractivity contribution in [1.29, 1.82) is 0 Å². The van der Waals surface area contributed by atoms with E-state index in [9.17, 15) is 4.39 Å². The first-order chi connectivity index (χ1) is 10.1. The molecule has 0 aliphatic carbocycles. The molecule has 0 fully saturated rings. The molecule has 0 saturated carbocycles. The van der Waals surface area contributed by atoms with Crippen LogP contribution >= 0.6 is 27.5 Å². The molecule has 3 nitrogen and oxygen atoms in total. The molecule has 1 aliphatic rings. The molecule has 0 bridgehead atoms. The van der Waals surface area contributed by atoms with Crippen LogP contribution in [0.25, 0.3) is 0 Å². The maximum absolute atomic E-state index is 13.1. The summed E-state index contributed by atoms with van der Waals surface area (Å²) in [5.41, 5.74) is 1.77. The summed E-state index contributed by atoms with van der Waals surface area (Å²) in [6, 6.07) is 8.41. The van der Waals surface area contributed by atoms with Crippen LogP contribution in [0.3, 0.4) is 0 Å². The van der Waals surface area contributed by atoms with Gasteiger partial charge in [-0.15, -0.1) is 0 Å². The number of hydrogen-bond donors (Lipinski definition) is 1. The Morgan fingerprint density at radius 2 is 1.86 bits per heavy atom. The van der Waals surface area contributed by atoms with Gasteiger partial charge in [0.2, 0.25) is 0 Å². The summed E-state index contributed by atoms with van der Waals surface area (Å²) in [4.78, 5) is 0. The van der Waals surface area contributed by atoms with Gasteiger partial charge in [-0.3, -0.25) is 0 Å². The second-order valence-electron chi connectivity index (χ2n) is 4.58. The monoisotopic (exact) mass is 371 g/mol. The average Bonchev–Trinajstić information content (AvgIpc) is 2.48. The van der Waals surface area contributed by atoms with Crippen molar-refractivity contribution < 1.29 is 13.9 Å². The van der Waals surface area contributed by atoms with Crippen LogP contribution in [0.1, 0.15) is 5.56 Å². The van der Waals surface area contributed by atoms with E-state index in [1.165, 1.54) is 6.07 Å². The third-order valence-electron chi connectivity index (χ3n) is 3.10. The highest BCUT2D eigenvalue weighted by molar-refractivity contribution is 9.10. The van der Waals surface area contributed by atoms with Crippen LogP contribution < -0.4 is 14.8 Å². The predicted molar refractivity (Wildman–Crippen MR) is 83.9 cm³/mol. The number of hydrogen-bond acceptors (Lipinski definition) is 3. The normalized spacial score (nSPS) is 13.1. The SMILES string of the molecule is Fc1ccc(CNc2cc3c(cc2Br)OCCO3)cc1Cl. The Bertz CT molecular complexity index is 681. The lowest BCUT2D eigenvalue weighted by atomic mass is 10.2. The average molecular weight is 373 g/mol. The van der Waals surface area contributed by atoms with Crippen molar-refractivity contribution in [3.8, 4) is 11.5 Å². The summed E-state index contributed by atoms with van der Waals surface area (Å²) in [6.45, 7) is 1.63. The van der Waals surface area contributed by atoms with Gasteiger partial charge < -0.3 is 14.8 Å². The highest BCUT2D eigenvalue weighted by Gasteiger charge is 2.14. The van der Waals surface area contributed by atoms with Crippen LogP contribution in [0.4, 0.5) is 10.1 Å². The molecule has 0 radical (unpaired) electrons. The topological polar surface area (TPSA) is 30.5 Å².